The van der Waals surface area contributed by atoms with E-state index < -0.39 is 0 Å². The fourth-order valence-electron chi connectivity index (χ4n) is 5.45. The molecule has 0 amide bonds. The van der Waals surface area contributed by atoms with Gasteiger partial charge in [-0.1, -0.05) is 63.1 Å². The summed E-state index contributed by atoms with van der Waals surface area (Å²) in [6.45, 7) is 8.47. The van der Waals surface area contributed by atoms with Crippen molar-refractivity contribution in [2.45, 2.75) is 52.4 Å². The average Bonchev–Trinajstić information content (AvgIpc) is 3.57. The van der Waals surface area contributed by atoms with Crippen LogP contribution in [-0.2, 0) is 9.47 Å². The summed E-state index contributed by atoms with van der Waals surface area (Å²) >= 11 is 0. The lowest BCUT2D eigenvalue weighted by Crippen LogP contribution is -2.25. The van der Waals surface area contributed by atoms with Crippen LogP contribution in [0.4, 0.5) is 11.4 Å². The van der Waals surface area contributed by atoms with Crippen LogP contribution in [0.1, 0.15) is 52.4 Å². The standard InChI is InChI=1S/C32H46N4O2/c1-27-13-15-29(23-27)25-33-35(31-9-5-3-6-10-31)17-19-37-21-22-38-20-18-36(32-11-7-4-8-12-32)34-26-30-16-14-28(2)24-30/h3-12,25-30H,13-24H2,1-2H3. The summed E-state index contributed by atoms with van der Waals surface area (Å²) in [4.78, 5) is 0. The molecular formula is C32H46N4O2. The highest BCUT2D eigenvalue weighted by Crippen LogP contribution is 2.30. The van der Waals surface area contributed by atoms with Crippen LogP contribution < -0.4 is 10.0 Å². The van der Waals surface area contributed by atoms with E-state index in [-0.39, 0.29) is 0 Å². The van der Waals surface area contributed by atoms with Crippen LogP contribution in [0.5, 0.6) is 0 Å². The Bertz CT molecular complexity index is 888. The fraction of sp³-hybridized carbons (Fsp3) is 0.562. The molecule has 0 aliphatic heterocycles. The number of rotatable bonds is 15. The number of hydrogen-bond acceptors (Lipinski definition) is 6. The zero-order chi connectivity index (χ0) is 26.4. The van der Waals surface area contributed by atoms with Crippen molar-refractivity contribution in [3.63, 3.8) is 0 Å². The molecule has 2 fully saturated rings. The van der Waals surface area contributed by atoms with E-state index in [0.29, 0.717) is 38.3 Å². The molecule has 38 heavy (non-hydrogen) atoms. The topological polar surface area (TPSA) is 49.7 Å². The average molecular weight is 519 g/mol. The molecule has 6 heteroatoms. The number of ether oxygens (including phenoxy) is 2. The minimum atomic E-state index is 0.570. The van der Waals surface area contributed by atoms with Crippen molar-refractivity contribution in [3.05, 3.63) is 60.7 Å². The molecule has 206 valence electrons. The SMILES string of the molecule is CC1CCC(C=NN(CCOCCOCCN(N=CC2CCC(C)C2)c2ccccc2)c2ccccc2)C1. The maximum atomic E-state index is 5.91. The van der Waals surface area contributed by atoms with Crippen molar-refractivity contribution >= 4 is 23.8 Å². The molecular weight excluding hydrogens is 472 g/mol. The lowest BCUT2D eigenvalue weighted by atomic mass is 10.1. The van der Waals surface area contributed by atoms with Gasteiger partial charge in [0.05, 0.1) is 50.9 Å². The Balaban J connectivity index is 1.16. The molecule has 0 N–H and O–H groups in total. The molecule has 4 unspecified atom stereocenters. The molecule has 2 aromatic rings. The molecule has 2 aliphatic carbocycles. The number of benzene rings is 2. The largest absolute Gasteiger partial charge is 0.377 e. The summed E-state index contributed by atoms with van der Waals surface area (Å²) < 4.78 is 11.8. The molecule has 0 saturated heterocycles. The van der Waals surface area contributed by atoms with E-state index in [1.807, 2.05) is 12.1 Å². The van der Waals surface area contributed by atoms with Gasteiger partial charge in [0.15, 0.2) is 0 Å². The molecule has 6 nitrogen and oxygen atoms in total. The van der Waals surface area contributed by atoms with Crippen molar-refractivity contribution in [3.8, 4) is 0 Å². The number of hydrogen-bond donors (Lipinski definition) is 0. The summed E-state index contributed by atoms with van der Waals surface area (Å²) in [5, 5.41) is 13.8. The summed E-state index contributed by atoms with van der Waals surface area (Å²) in [5.41, 5.74) is 2.20. The highest BCUT2D eigenvalue weighted by molar-refractivity contribution is 5.64. The predicted octanol–water partition coefficient (Wildman–Crippen LogP) is 6.88. The maximum Gasteiger partial charge on any atom is 0.0701 e. The minimum Gasteiger partial charge on any atom is -0.377 e. The van der Waals surface area contributed by atoms with Crippen LogP contribution in [0, 0.1) is 23.7 Å². The second-order valence-corrected chi connectivity index (χ2v) is 11.0. The van der Waals surface area contributed by atoms with Crippen LogP contribution >= 0.6 is 0 Å². The van der Waals surface area contributed by atoms with Gasteiger partial charge in [0.2, 0.25) is 0 Å². The van der Waals surface area contributed by atoms with Gasteiger partial charge in [-0.15, -0.1) is 0 Å². The van der Waals surface area contributed by atoms with Gasteiger partial charge in [0, 0.05) is 12.4 Å². The van der Waals surface area contributed by atoms with Crippen LogP contribution in [0.15, 0.2) is 70.9 Å². The van der Waals surface area contributed by atoms with Crippen LogP contribution in [0.3, 0.4) is 0 Å². The Morgan fingerprint density at radius 3 is 1.42 bits per heavy atom. The quantitative estimate of drug-likeness (QED) is 0.147. The molecule has 4 rings (SSSR count). The highest BCUT2D eigenvalue weighted by atomic mass is 16.5. The molecule has 0 spiro atoms. The van der Waals surface area contributed by atoms with Gasteiger partial charge in [-0.05, 0) is 73.6 Å². The smallest absolute Gasteiger partial charge is 0.0701 e. The zero-order valence-electron chi connectivity index (χ0n) is 23.3. The van der Waals surface area contributed by atoms with Crippen molar-refractivity contribution in [2.24, 2.45) is 33.9 Å². The monoisotopic (exact) mass is 518 g/mol. The maximum absolute atomic E-state index is 5.91. The lowest BCUT2D eigenvalue weighted by molar-refractivity contribution is 0.0529. The molecule has 0 radical (unpaired) electrons. The summed E-state index contributed by atoms with van der Waals surface area (Å²) in [6.07, 6.45) is 11.9. The fourth-order valence-corrected chi connectivity index (χ4v) is 5.45. The molecule has 0 bridgehead atoms. The van der Waals surface area contributed by atoms with E-state index >= 15 is 0 Å². The predicted molar refractivity (Wildman–Crippen MR) is 159 cm³/mol. The van der Waals surface area contributed by atoms with E-state index in [0.717, 1.165) is 36.3 Å². The Morgan fingerprint density at radius 2 is 1.05 bits per heavy atom. The first kappa shape index (κ1) is 28.3. The molecule has 2 saturated carbocycles. The number of anilines is 2. The van der Waals surface area contributed by atoms with Crippen LogP contribution in [0.25, 0.3) is 0 Å². The zero-order valence-corrected chi connectivity index (χ0v) is 23.3. The molecule has 4 atom stereocenters. The van der Waals surface area contributed by atoms with Gasteiger partial charge in [-0.3, -0.25) is 10.0 Å². The van der Waals surface area contributed by atoms with E-state index in [1.165, 1.54) is 38.5 Å². The van der Waals surface area contributed by atoms with Crippen molar-refractivity contribution < 1.29 is 9.47 Å². The van der Waals surface area contributed by atoms with E-state index in [9.17, 15) is 0 Å². The second kappa shape index (κ2) is 15.6. The van der Waals surface area contributed by atoms with Gasteiger partial charge >= 0.3 is 0 Å². The third kappa shape index (κ3) is 9.55. The van der Waals surface area contributed by atoms with Gasteiger partial charge in [0.1, 0.15) is 0 Å². The van der Waals surface area contributed by atoms with Gasteiger partial charge in [0.25, 0.3) is 0 Å². The van der Waals surface area contributed by atoms with E-state index in [4.69, 9.17) is 19.7 Å². The van der Waals surface area contributed by atoms with Crippen molar-refractivity contribution in [1.82, 2.24) is 0 Å². The third-order valence-corrected chi connectivity index (χ3v) is 7.68. The van der Waals surface area contributed by atoms with Gasteiger partial charge in [-0.25, -0.2) is 0 Å². The van der Waals surface area contributed by atoms with Gasteiger partial charge in [-0.2, -0.15) is 10.2 Å². The normalized spacial score (nSPS) is 23.5. The third-order valence-electron chi connectivity index (χ3n) is 7.68. The number of hydrazone groups is 2. The minimum absolute atomic E-state index is 0.570. The Labute approximate surface area is 229 Å². The summed E-state index contributed by atoms with van der Waals surface area (Å²) in [6, 6.07) is 20.7. The molecule has 2 aliphatic rings. The Kier molecular flexibility index (Phi) is 11.7. The van der Waals surface area contributed by atoms with E-state index in [1.54, 1.807) is 0 Å². The summed E-state index contributed by atoms with van der Waals surface area (Å²) in [5.74, 6) is 2.80. The first-order valence-corrected chi connectivity index (χ1v) is 14.6. The van der Waals surface area contributed by atoms with Crippen molar-refractivity contribution in [2.75, 3.05) is 49.5 Å². The first-order chi connectivity index (χ1) is 18.7. The Morgan fingerprint density at radius 1 is 0.632 bits per heavy atom. The van der Waals surface area contributed by atoms with Crippen LogP contribution in [0.2, 0.25) is 0 Å². The summed E-state index contributed by atoms with van der Waals surface area (Å²) in [7, 11) is 0. The Hall–Kier alpha value is -2.70. The van der Waals surface area contributed by atoms with Gasteiger partial charge < -0.3 is 9.47 Å². The van der Waals surface area contributed by atoms with Crippen molar-refractivity contribution in [1.29, 1.82) is 0 Å². The lowest BCUT2D eigenvalue weighted by Gasteiger charge is -2.20. The van der Waals surface area contributed by atoms with E-state index in [2.05, 4.69) is 84.8 Å². The van der Waals surface area contributed by atoms with Crippen LogP contribution in [-0.4, -0.2) is 51.9 Å². The number of nitrogens with zero attached hydrogens (tertiary/aromatic N) is 4. The molecule has 0 heterocycles. The molecule has 2 aromatic carbocycles. The highest BCUT2D eigenvalue weighted by Gasteiger charge is 2.21. The first-order valence-electron chi connectivity index (χ1n) is 14.6. The molecule has 0 aromatic heterocycles. The number of para-hydroxylation sites is 2. The second-order valence-electron chi connectivity index (χ2n) is 11.0.